The van der Waals surface area contributed by atoms with E-state index < -0.39 is 0 Å². The molecule has 0 aliphatic rings. The fraction of sp³-hybridized carbons (Fsp3) is 0.556. The van der Waals surface area contributed by atoms with Crippen LogP contribution in [0.3, 0.4) is 0 Å². The largest absolute Gasteiger partial charge is 0.467 e. The molecular formula is C18H30IN5O2. The lowest BCUT2D eigenvalue weighted by molar-refractivity contribution is 0.105. The van der Waals surface area contributed by atoms with E-state index in [1.165, 1.54) is 5.56 Å². The van der Waals surface area contributed by atoms with Gasteiger partial charge >= 0.3 is 0 Å². The number of hydrogen-bond acceptors (Lipinski definition) is 4. The van der Waals surface area contributed by atoms with Crippen molar-refractivity contribution < 1.29 is 9.15 Å². The Balaban J connectivity index is 0.00000338. The highest BCUT2D eigenvalue weighted by Crippen LogP contribution is 2.01. The van der Waals surface area contributed by atoms with E-state index in [4.69, 9.17) is 9.15 Å². The summed E-state index contributed by atoms with van der Waals surface area (Å²) in [5.74, 6) is 1.71. The third-order valence-corrected chi connectivity index (χ3v) is 3.50. The Morgan fingerprint density at radius 1 is 1.35 bits per heavy atom. The fourth-order valence-electron chi connectivity index (χ4n) is 2.30. The predicted molar refractivity (Wildman–Crippen MR) is 114 cm³/mol. The van der Waals surface area contributed by atoms with Gasteiger partial charge in [0.05, 0.1) is 12.5 Å². The van der Waals surface area contributed by atoms with E-state index in [1.807, 2.05) is 29.9 Å². The Hall–Kier alpha value is -1.55. The van der Waals surface area contributed by atoms with Gasteiger partial charge in [-0.1, -0.05) is 0 Å². The molecule has 0 spiro atoms. The highest BCUT2D eigenvalue weighted by atomic mass is 127. The van der Waals surface area contributed by atoms with Crippen LogP contribution < -0.4 is 10.6 Å². The molecule has 0 bridgehead atoms. The molecule has 8 heteroatoms. The second-order valence-electron chi connectivity index (χ2n) is 5.81. The minimum absolute atomic E-state index is 0. The van der Waals surface area contributed by atoms with Crippen LogP contribution in [-0.4, -0.2) is 42.0 Å². The second-order valence-corrected chi connectivity index (χ2v) is 5.81. The summed E-state index contributed by atoms with van der Waals surface area (Å²) >= 11 is 0. The summed E-state index contributed by atoms with van der Waals surface area (Å²) in [4.78, 5) is 4.59. The summed E-state index contributed by atoms with van der Waals surface area (Å²) in [6, 6.07) is 3.78. The molecule has 7 nitrogen and oxygen atoms in total. The number of rotatable bonds is 11. The molecule has 0 aliphatic heterocycles. The summed E-state index contributed by atoms with van der Waals surface area (Å²) in [5.41, 5.74) is 1.19. The van der Waals surface area contributed by atoms with E-state index in [1.54, 1.807) is 6.26 Å². The SMILES string of the molecule is CCNC(=NCCCn1cc(C)cn1)NCCCOCc1ccco1.I. The zero-order valence-electron chi connectivity index (χ0n) is 15.6. The van der Waals surface area contributed by atoms with Gasteiger partial charge in [-0.3, -0.25) is 9.67 Å². The highest BCUT2D eigenvalue weighted by molar-refractivity contribution is 14.0. The van der Waals surface area contributed by atoms with Crippen LogP contribution in [0, 0.1) is 6.92 Å². The molecule has 0 fully saturated rings. The number of aliphatic imine (C=N–C) groups is 1. The zero-order chi connectivity index (χ0) is 17.7. The predicted octanol–water partition coefficient (Wildman–Crippen LogP) is 2.95. The number of aromatic nitrogens is 2. The number of guanidine groups is 1. The first kappa shape index (κ1) is 22.5. The van der Waals surface area contributed by atoms with Crippen LogP contribution in [-0.2, 0) is 17.9 Å². The lowest BCUT2D eigenvalue weighted by Gasteiger charge is -2.11. The van der Waals surface area contributed by atoms with E-state index in [-0.39, 0.29) is 24.0 Å². The molecule has 0 atom stereocenters. The van der Waals surface area contributed by atoms with Crippen LogP contribution in [0.15, 0.2) is 40.2 Å². The topological polar surface area (TPSA) is 76.6 Å². The van der Waals surface area contributed by atoms with Crippen LogP contribution >= 0.6 is 24.0 Å². The molecule has 2 heterocycles. The number of halogens is 1. The molecule has 0 aliphatic carbocycles. The fourth-order valence-corrected chi connectivity index (χ4v) is 2.30. The van der Waals surface area contributed by atoms with Gasteiger partial charge in [0.1, 0.15) is 12.4 Å². The van der Waals surface area contributed by atoms with Crippen molar-refractivity contribution in [3.63, 3.8) is 0 Å². The monoisotopic (exact) mass is 475 g/mol. The van der Waals surface area contributed by atoms with Crippen molar-refractivity contribution in [2.24, 2.45) is 4.99 Å². The summed E-state index contributed by atoms with van der Waals surface area (Å²) in [6.45, 7) is 8.64. The first-order chi connectivity index (χ1) is 12.3. The van der Waals surface area contributed by atoms with Gasteiger partial charge < -0.3 is 19.8 Å². The molecular weight excluding hydrogens is 445 g/mol. The summed E-state index contributed by atoms with van der Waals surface area (Å²) in [7, 11) is 0. The summed E-state index contributed by atoms with van der Waals surface area (Å²) in [5, 5.41) is 10.9. The van der Waals surface area contributed by atoms with E-state index in [0.717, 1.165) is 50.7 Å². The molecule has 0 amide bonds. The molecule has 0 aromatic carbocycles. The maximum Gasteiger partial charge on any atom is 0.191 e. The number of furan rings is 1. The van der Waals surface area contributed by atoms with Gasteiger partial charge in [-0.2, -0.15) is 5.10 Å². The molecule has 0 unspecified atom stereocenters. The molecule has 2 rings (SSSR count). The van der Waals surface area contributed by atoms with Crippen LogP contribution in [0.5, 0.6) is 0 Å². The first-order valence-electron chi connectivity index (χ1n) is 8.89. The average molecular weight is 475 g/mol. The lowest BCUT2D eigenvalue weighted by Crippen LogP contribution is -2.38. The number of hydrogen-bond donors (Lipinski definition) is 2. The van der Waals surface area contributed by atoms with Crippen molar-refractivity contribution in [3.8, 4) is 0 Å². The smallest absolute Gasteiger partial charge is 0.191 e. The molecule has 0 saturated carbocycles. The molecule has 0 saturated heterocycles. The van der Waals surface area contributed by atoms with Crippen molar-refractivity contribution in [1.82, 2.24) is 20.4 Å². The van der Waals surface area contributed by atoms with Crippen molar-refractivity contribution in [2.75, 3.05) is 26.2 Å². The molecule has 146 valence electrons. The van der Waals surface area contributed by atoms with E-state index in [0.29, 0.717) is 13.2 Å². The van der Waals surface area contributed by atoms with Gasteiger partial charge in [-0.25, -0.2) is 0 Å². The first-order valence-corrected chi connectivity index (χ1v) is 8.89. The highest BCUT2D eigenvalue weighted by Gasteiger charge is 1.99. The molecule has 2 N–H and O–H groups in total. The van der Waals surface area contributed by atoms with Gasteiger partial charge in [-0.05, 0) is 44.4 Å². The van der Waals surface area contributed by atoms with E-state index >= 15 is 0 Å². The standard InChI is InChI=1S/C18H29N5O2.HI/c1-3-19-18(20-8-5-10-23-14-16(2)13-22-23)21-9-6-11-24-15-17-7-4-12-25-17;/h4,7,12-14H,3,5-6,8-11,15H2,1-2H3,(H2,19,20,21);1H. The minimum atomic E-state index is 0. The van der Waals surface area contributed by atoms with Crippen molar-refractivity contribution in [2.45, 2.75) is 39.8 Å². The Labute approximate surface area is 172 Å². The summed E-state index contributed by atoms with van der Waals surface area (Å²) < 4.78 is 12.7. The average Bonchev–Trinajstić information content (AvgIpc) is 3.26. The van der Waals surface area contributed by atoms with Gasteiger partial charge in [0.15, 0.2) is 5.96 Å². The number of nitrogens with zero attached hydrogens (tertiary/aromatic N) is 3. The number of ether oxygens (including phenoxy) is 1. The number of aryl methyl sites for hydroxylation is 2. The minimum Gasteiger partial charge on any atom is -0.467 e. The maximum absolute atomic E-state index is 5.57. The molecule has 26 heavy (non-hydrogen) atoms. The Morgan fingerprint density at radius 3 is 2.92 bits per heavy atom. The quantitative estimate of drug-likeness (QED) is 0.226. The normalized spacial score (nSPS) is 11.2. The Kier molecular flexibility index (Phi) is 11.8. The molecule has 0 radical (unpaired) electrons. The van der Waals surface area contributed by atoms with Gasteiger partial charge in [0, 0.05) is 39.0 Å². The molecule has 2 aromatic heterocycles. The van der Waals surface area contributed by atoms with E-state index in [2.05, 4.69) is 33.8 Å². The van der Waals surface area contributed by atoms with Gasteiger partial charge in [0.2, 0.25) is 0 Å². The zero-order valence-corrected chi connectivity index (χ0v) is 17.9. The van der Waals surface area contributed by atoms with Crippen molar-refractivity contribution in [3.05, 3.63) is 42.1 Å². The van der Waals surface area contributed by atoms with Crippen LogP contribution in [0.1, 0.15) is 31.1 Å². The molecule has 2 aromatic rings. The van der Waals surface area contributed by atoms with Gasteiger partial charge in [-0.15, -0.1) is 24.0 Å². The van der Waals surface area contributed by atoms with Crippen LogP contribution in [0.2, 0.25) is 0 Å². The van der Waals surface area contributed by atoms with E-state index in [9.17, 15) is 0 Å². The Morgan fingerprint density at radius 2 is 2.23 bits per heavy atom. The van der Waals surface area contributed by atoms with Gasteiger partial charge in [0.25, 0.3) is 0 Å². The Bertz CT molecular complexity index is 613. The van der Waals surface area contributed by atoms with Crippen molar-refractivity contribution >= 4 is 29.9 Å². The van der Waals surface area contributed by atoms with Crippen LogP contribution in [0.25, 0.3) is 0 Å². The van der Waals surface area contributed by atoms with Crippen molar-refractivity contribution in [1.29, 1.82) is 0 Å². The summed E-state index contributed by atoms with van der Waals surface area (Å²) in [6.07, 6.45) is 7.47. The number of nitrogens with one attached hydrogen (secondary N) is 2. The van der Waals surface area contributed by atoms with Crippen LogP contribution in [0.4, 0.5) is 0 Å². The third-order valence-electron chi connectivity index (χ3n) is 3.50. The maximum atomic E-state index is 5.57. The second kappa shape index (κ2) is 13.6. The third kappa shape index (κ3) is 9.23. The lowest BCUT2D eigenvalue weighted by atomic mass is 10.4.